The van der Waals surface area contributed by atoms with Crippen LogP contribution in [0.4, 0.5) is 4.39 Å². The van der Waals surface area contributed by atoms with E-state index in [4.69, 9.17) is 4.74 Å². The normalized spacial score (nSPS) is 20.5. The molecule has 0 saturated carbocycles. The molecule has 5 nitrogen and oxygen atoms in total. The first-order chi connectivity index (χ1) is 10.3. The molecular weight excluding hydrogens is 287 g/mol. The van der Waals surface area contributed by atoms with E-state index in [2.05, 4.69) is 5.32 Å². The van der Waals surface area contributed by atoms with Crippen LogP contribution >= 0.6 is 0 Å². The summed E-state index contributed by atoms with van der Waals surface area (Å²) in [5.41, 5.74) is -0.213. The Balaban J connectivity index is 1.96. The maximum Gasteiger partial charge on any atom is 0.251 e. The number of hydrogen-bond donors (Lipinski definition) is 1. The average molecular weight is 308 g/mol. The lowest BCUT2D eigenvalue weighted by Gasteiger charge is -2.44. The molecule has 1 fully saturated rings. The molecule has 1 aliphatic rings. The highest BCUT2D eigenvalue weighted by Gasteiger charge is 2.36. The van der Waals surface area contributed by atoms with Crippen LogP contribution in [0.2, 0.25) is 0 Å². The summed E-state index contributed by atoms with van der Waals surface area (Å²) in [4.78, 5) is 26.0. The van der Waals surface area contributed by atoms with Crippen LogP contribution in [0.15, 0.2) is 24.3 Å². The SMILES string of the molecule is C[C@H]1CN(C(=O)CNC(=O)c2cccc(F)c2)C(C)(C)CO1. The molecule has 0 bridgehead atoms. The monoisotopic (exact) mass is 308 g/mol. The van der Waals surface area contributed by atoms with Crippen LogP contribution in [0.25, 0.3) is 0 Å². The fraction of sp³-hybridized carbons (Fsp3) is 0.500. The number of morpholine rings is 1. The van der Waals surface area contributed by atoms with E-state index < -0.39 is 17.3 Å². The topological polar surface area (TPSA) is 58.6 Å². The molecule has 1 atom stereocenters. The highest BCUT2D eigenvalue weighted by atomic mass is 19.1. The number of carbonyl (C=O) groups is 2. The number of nitrogens with zero attached hydrogens (tertiary/aromatic N) is 1. The van der Waals surface area contributed by atoms with Crippen molar-refractivity contribution in [2.75, 3.05) is 19.7 Å². The van der Waals surface area contributed by atoms with Crippen molar-refractivity contribution >= 4 is 11.8 Å². The van der Waals surface area contributed by atoms with Gasteiger partial charge in [0.25, 0.3) is 5.91 Å². The predicted molar refractivity (Wildman–Crippen MR) is 79.9 cm³/mol. The Kier molecular flexibility index (Phi) is 4.81. The van der Waals surface area contributed by atoms with Crippen LogP contribution in [-0.4, -0.2) is 48.1 Å². The van der Waals surface area contributed by atoms with Gasteiger partial charge in [0.05, 0.1) is 24.8 Å². The van der Waals surface area contributed by atoms with Gasteiger partial charge in [-0.25, -0.2) is 4.39 Å². The first-order valence-corrected chi connectivity index (χ1v) is 7.25. The molecule has 6 heteroatoms. The Morgan fingerprint density at radius 3 is 2.86 bits per heavy atom. The van der Waals surface area contributed by atoms with Crippen LogP contribution in [0.1, 0.15) is 31.1 Å². The maximum atomic E-state index is 13.1. The highest BCUT2D eigenvalue weighted by molar-refractivity contribution is 5.96. The molecule has 1 saturated heterocycles. The second-order valence-electron chi connectivity index (χ2n) is 6.13. The van der Waals surface area contributed by atoms with Gasteiger partial charge in [0.1, 0.15) is 5.82 Å². The molecule has 1 aliphatic heterocycles. The number of ether oxygens (including phenoxy) is 1. The maximum absolute atomic E-state index is 13.1. The first-order valence-electron chi connectivity index (χ1n) is 7.25. The standard InChI is InChI=1S/C16H21FN2O3/c1-11-9-19(16(2,3)10-22-11)14(20)8-18-15(21)12-5-4-6-13(17)7-12/h4-7,11H,8-10H2,1-3H3,(H,18,21)/t11-/m0/s1. The summed E-state index contributed by atoms with van der Waals surface area (Å²) in [5, 5.41) is 2.54. The number of carbonyl (C=O) groups excluding carboxylic acids is 2. The molecule has 0 spiro atoms. The lowest BCUT2D eigenvalue weighted by molar-refractivity contribution is -0.151. The fourth-order valence-electron chi connectivity index (χ4n) is 2.40. The highest BCUT2D eigenvalue weighted by Crippen LogP contribution is 2.21. The van der Waals surface area contributed by atoms with E-state index in [1.807, 2.05) is 20.8 Å². The molecule has 1 N–H and O–H groups in total. The van der Waals surface area contributed by atoms with Crippen LogP contribution in [-0.2, 0) is 9.53 Å². The first kappa shape index (κ1) is 16.4. The van der Waals surface area contributed by atoms with Crippen molar-refractivity contribution in [1.82, 2.24) is 10.2 Å². The van der Waals surface area contributed by atoms with Crippen molar-refractivity contribution in [3.05, 3.63) is 35.6 Å². The Morgan fingerprint density at radius 2 is 2.18 bits per heavy atom. The van der Waals surface area contributed by atoms with Crippen LogP contribution in [0.5, 0.6) is 0 Å². The lowest BCUT2D eigenvalue weighted by Crippen LogP contribution is -2.59. The molecule has 0 unspecified atom stereocenters. The van der Waals surface area contributed by atoms with Gasteiger partial charge in [0, 0.05) is 12.1 Å². The minimum absolute atomic E-state index is 0.0316. The zero-order valence-corrected chi connectivity index (χ0v) is 13.1. The van der Waals surface area contributed by atoms with E-state index in [-0.39, 0.29) is 24.1 Å². The van der Waals surface area contributed by atoms with Crippen molar-refractivity contribution in [3.8, 4) is 0 Å². The average Bonchev–Trinajstić information content (AvgIpc) is 2.47. The number of nitrogens with one attached hydrogen (secondary N) is 1. The molecule has 1 heterocycles. The van der Waals surface area contributed by atoms with E-state index in [9.17, 15) is 14.0 Å². The fourth-order valence-corrected chi connectivity index (χ4v) is 2.40. The van der Waals surface area contributed by atoms with Crippen LogP contribution in [0, 0.1) is 5.82 Å². The Morgan fingerprint density at radius 1 is 1.45 bits per heavy atom. The van der Waals surface area contributed by atoms with Gasteiger partial charge in [-0.05, 0) is 39.0 Å². The molecule has 120 valence electrons. The quantitative estimate of drug-likeness (QED) is 0.922. The second-order valence-corrected chi connectivity index (χ2v) is 6.13. The lowest BCUT2D eigenvalue weighted by atomic mass is 10.0. The van der Waals surface area contributed by atoms with Crippen LogP contribution in [0.3, 0.4) is 0 Å². The third-order valence-corrected chi connectivity index (χ3v) is 3.68. The van der Waals surface area contributed by atoms with Gasteiger partial charge in [-0.1, -0.05) is 6.07 Å². The Bertz CT molecular complexity index is 574. The predicted octanol–water partition coefficient (Wildman–Crippen LogP) is 1.58. The zero-order valence-electron chi connectivity index (χ0n) is 13.1. The summed E-state index contributed by atoms with van der Waals surface area (Å²) in [6, 6.07) is 5.36. The van der Waals surface area contributed by atoms with E-state index in [0.717, 1.165) is 6.07 Å². The molecular formula is C16H21FN2O3. The van der Waals surface area contributed by atoms with Gasteiger partial charge >= 0.3 is 0 Å². The smallest absolute Gasteiger partial charge is 0.251 e. The summed E-state index contributed by atoms with van der Waals surface area (Å²) in [6.07, 6.45) is -0.0316. The van der Waals surface area contributed by atoms with Crippen molar-refractivity contribution in [2.45, 2.75) is 32.4 Å². The van der Waals surface area contributed by atoms with Crippen molar-refractivity contribution < 1.29 is 18.7 Å². The zero-order chi connectivity index (χ0) is 16.3. The number of halogens is 1. The molecule has 1 aromatic rings. The number of rotatable bonds is 3. The largest absolute Gasteiger partial charge is 0.374 e. The van der Waals surface area contributed by atoms with E-state index in [1.165, 1.54) is 18.2 Å². The number of amides is 2. The minimum Gasteiger partial charge on any atom is -0.374 e. The van der Waals surface area contributed by atoms with Crippen molar-refractivity contribution in [1.29, 1.82) is 0 Å². The molecule has 1 aromatic carbocycles. The second kappa shape index (κ2) is 6.44. The Labute approximate surface area is 129 Å². The third-order valence-electron chi connectivity index (χ3n) is 3.68. The Hall–Kier alpha value is -1.95. The number of benzene rings is 1. The van der Waals surface area contributed by atoms with Crippen molar-refractivity contribution in [2.24, 2.45) is 0 Å². The molecule has 2 amide bonds. The summed E-state index contributed by atoms with van der Waals surface area (Å²) in [6.45, 7) is 6.57. The molecule has 0 aliphatic carbocycles. The molecule has 2 rings (SSSR count). The molecule has 0 aromatic heterocycles. The summed E-state index contributed by atoms with van der Waals surface area (Å²) in [5.74, 6) is -1.13. The van der Waals surface area contributed by atoms with Gasteiger partial charge in [0.15, 0.2) is 0 Å². The van der Waals surface area contributed by atoms with Gasteiger partial charge in [-0.2, -0.15) is 0 Å². The van der Waals surface area contributed by atoms with Gasteiger partial charge < -0.3 is 15.0 Å². The van der Waals surface area contributed by atoms with E-state index in [0.29, 0.717) is 13.2 Å². The van der Waals surface area contributed by atoms with Crippen LogP contribution < -0.4 is 5.32 Å². The van der Waals surface area contributed by atoms with E-state index >= 15 is 0 Å². The summed E-state index contributed by atoms with van der Waals surface area (Å²) >= 11 is 0. The summed E-state index contributed by atoms with van der Waals surface area (Å²) in [7, 11) is 0. The minimum atomic E-state index is -0.484. The van der Waals surface area contributed by atoms with Gasteiger partial charge in [-0.3, -0.25) is 9.59 Å². The molecule has 22 heavy (non-hydrogen) atoms. The van der Waals surface area contributed by atoms with Crippen molar-refractivity contribution in [3.63, 3.8) is 0 Å². The molecule has 0 radical (unpaired) electrons. The number of hydrogen-bond acceptors (Lipinski definition) is 3. The summed E-state index contributed by atoms with van der Waals surface area (Å²) < 4.78 is 18.7. The van der Waals surface area contributed by atoms with Gasteiger partial charge in [0.2, 0.25) is 5.91 Å². The third kappa shape index (κ3) is 3.82. The van der Waals surface area contributed by atoms with Gasteiger partial charge in [-0.15, -0.1) is 0 Å². The van der Waals surface area contributed by atoms with E-state index in [1.54, 1.807) is 4.90 Å².